The van der Waals surface area contributed by atoms with Crippen LogP contribution in [0, 0.1) is 11.8 Å². The van der Waals surface area contributed by atoms with Crippen molar-refractivity contribution in [1.82, 2.24) is 0 Å². The van der Waals surface area contributed by atoms with Gasteiger partial charge in [0.2, 0.25) is 0 Å². The largest absolute Gasteiger partial charge is 0.462 e. The molecule has 0 saturated carbocycles. The summed E-state index contributed by atoms with van der Waals surface area (Å²) in [6, 6.07) is 0. The quantitative estimate of drug-likeness (QED) is 0.0350. The Bertz CT molecular complexity index is 824. The van der Waals surface area contributed by atoms with Crippen molar-refractivity contribution in [3.63, 3.8) is 0 Å². The number of hydrogen-bond acceptors (Lipinski definition) is 6. The molecule has 0 aliphatic carbocycles. The first kappa shape index (κ1) is 52.4. The molecule has 0 saturated heterocycles. The van der Waals surface area contributed by atoms with Gasteiger partial charge in [-0.1, -0.05) is 221 Å². The summed E-state index contributed by atoms with van der Waals surface area (Å²) in [5.41, 5.74) is 0. The fourth-order valence-electron chi connectivity index (χ4n) is 7.11. The van der Waals surface area contributed by atoms with Crippen LogP contribution >= 0.6 is 0 Å². The topological polar surface area (TPSA) is 78.9 Å². The summed E-state index contributed by atoms with van der Waals surface area (Å²) in [5.74, 6) is 0.799. The Kier molecular flexibility index (Phi) is 39.8. The summed E-state index contributed by atoms with van der Waals surface area (Å²) < 4.78 is 16.6. The normalized spacial score (nSPS) is 12.1. The number of carbonyl (C=O) groups is 3. The van der Waals surface area contributed by atoms with E-state index in [1.54, 1.807) is 0 Å². The van der Waals surface area contributed by atoms with Crippen molar-refractivity contribution in [1.29, 1.82) is 0 Å². The van der Waals surface area contributed by atoms with Crippen LogP contribution in [0.3, 0.4) is 0 Å². The Balaban J connectivity index is 4.09. The first-order valence-electron chi connectivity index (χ1n) is 23.7. The predicted molar refractivity (Wildman–Crippen MR) is 229 cm³/mol. The van der Waals surface area contributed by atoms with Crippen molar-refractivity contribution in [2.75, 3.05) is 13.2 Å². The minimum atomic E-state index is -0.758. The number of ether oxygens (including phenoxy) is 3. The van der Waals surface area contributed by atoms with E-state index in [9.17, 15) is 14.4 Å². The molecule has 0 radical (unpaired) electrons. The van der Waals surface area contributed by atoms with E-state index in [2.05, 4.69) is 34.6 Å². The SMILES string of the molecule is CCCCCCCC(=O)O[C@@H](COC(=O)CCCCCCCCCCCCCCCCCC(C)C)COC(=O)CCCCCCCCCCCCC(C)C. The molecule has 0 unspecified atom stereocenters. The molecule has 54 heavy (non-hydrogen) atoms. The van der Waals surface area contributed by atoms with Crippen LogP contribution in [0.15, 0.2) is 0 Å². The Hall–Kier alpha value is -1.59. The van der Waals surface area contributed by atoms with Gasteiger partial charge in [-0.05, 0) is 31.1 Å². The smallest absolute Gasteiger partial charge is 0.306 e. The van der Waals surface area contributed by atoms with E-state index in [0.29, 0.717) is 19.3 Å². The number of unbranched alkanes of at least 4 members (excludes halogenated alkanes) is 27. The molecule has 0 aliphatic heterocycles. The summed E-state index contributed by atoms with van der Waals surface area (Å²) in [5, 5.41) is 0. The second-order valence-corrected chi connectivity index (χ2v) is 17.3. The zero-order chi connectivity index (χ0) is 39.7. The van der Waals surface area contributed by atoms with E-state index in [1.165, 1.54) is 141 Å². The molecule has 320 valence electrons. The number of carbonyl (C=O) groups excluding carboxylic acids is 3. The van der Waals surface area contributed by atoms with E-state index in [1.807, 2.05) is 0 Å². The molecule has 6 heteroatoms. The lowest BCUT2D eigenvalue weighted by Crippen LogP contribution is -2.30. The number of hydrogen-bond donors (Lipinski definition) is 0. The summed E-state index contributed by atoms with van der Waals surface area (Å²) in [6.45, 7) is 11.3. The van der Waals surface area contributed by atoms with Gasteiger partial charge in [0, 0.05) is 19.3 Å². The van der Waals surface area contributed by atoms with Crippen LogP contribution in [0.25, 0.3) is 0 Å². The third kappa shape index (κ3) is 41.6. The van der Waals surface area contributed by atoms with Gasteiger partial charge in [-0.3, -0.25) is 14.4 Å². The molecule has 1 atom stereocenters. The molecule has 0 rings (SSSR count). The molecular weight excluding hydrogens is 673 g/mol. The molecule has 0 aromatic rings. The molecule has 0 heterocycles. The van der Waals surface area contributed by atoms with E-state index in [-0.39, 0.29) is 31.1 Å². The first-order valence-corrected chi connectivity index (χ1v) is 23.7. The van der Waals surface area contributed by atoms with Crippen LogP contribution in [0.5, 0.6) is 0 Å². The van der Waals surface area contributed by atoms with Crippen molar-refractivity contribution in [3.05, 3.63) is 0 Å². The van der Waals surface area contributed by atoms with E-state index < -0.39 is 6.10 Å². The Morgan fingerprint density at radius 1 is 0.352 bits per heavy atom. The number of esters is 3. The van der Waals surface area contributed by atoms with Crippen molar-refractivity contribution in [2.45, 2.75) is 265 Å². The van der Waals surface area contributed by atoms with Gasteiger partial charge in [-0.25, -0.2) is 0 Å². The van der Waals surface area contributed by atoms with Crippen molar-refractivity contribution in [2.24, 2.45) is 11.8 Å². The van der Waals surface area contributed by atoms with Gasteiger partial charge in [0.25, 0.3) is 0 Å². The maximum absolute atomic E-state index is 12.5. The van der Waals surface area contributed by atoms with E-state index in [0.717, 1.165) is 76.0 Å². The van der Waals surface area contributed by atoms with Crippen LogP contribution in [0.2, 0.25) is 0 Å². The van der Waals surface area contributed by atoms with Crippen molar-refractivity contribution >= 4 is 17.9 Å². The average Bonchev–Trinajstić information content (AvgIpc) is 3.14. The van der Waals surface area contributed by atoms with Gasteiger partial charge in [-0.15, -0.1) is 0 Å². The third-order valence-corrected chi connectivity index (χ3v) is 10.7. The third-order valence-electron chi connectivity index (χ3n) is 10.7. The second-order valence-electron chi connectivity index (χ2n) is 17.3. The van der Waals surface area contributed by atoms with Crippen molar-refractivity contribution in [3.8, 4) is 0 Å². The van der Waals surface area contributed by atoms with Crippen LogP contribution < -0.4 is 0 Å². The lowest BCUT2D eigenvalue weighted by Gasteiger charge is -2.18. The van der Waals surface area contributed by atoms with Crippen molar-refractivity contribution < 1.29 is 28.6 Å². The highest BCUT2D eigenvalue weighted by atomic mass is 16.6. The van der Waals surface area contributed by atoms with E-state index >= 15 is 0 Å². The van der Waals surface area contributed by atoms with Crippen LogP contribution in [0.4, 0.5) is 0 Å². The summed E-state index contributed by atoms with van der Waals surface area (Å²) >= 11 is 0. The molecule has 0 aromatic carbocycles. The van der Waals surface area contributed by atoms with Gasteiger partial charge >= 0.3 is 17.9 Å². The van der Waals surface area contributed by atoms with Crippen LogP contribution in [-0.2, 0) is 28.6 Å². The highest BCUT2D eigenvalue weighted by Crippen LogP contribution is 2.17. The minimum absolute atomic E-state index is 0.0658. The molecule has 0 aromatic heterocycles. The Morgan fingerprint density at radius 3 is 0.907 bits per heavy atom. The van der Waals surface area contributed by atoms with Gasteiger partial charge in [0.1, 0.15) is 13.2 Å². The summed E-state index contributed by atoms with van der Waals surface area (Å²) in [6.07, 6.45) is 39.8. The zero-order valence-corrected chi connectivity index (χ0v) is 36.8. The molecular formula is C48H92O6. The summed E-state index contributed by atoms with van der Waals surface area (Å²) in [4.78, 5) is 37.5. The molecule has 0 amide bonds. The first-order chi connectivity index (χ1) is 26.2. The maximum atomic E-state index is 12.5. The van der Waals surface area contributed by atoms with Crippen LogP contribution in [0.1, 0.15) is 259 Å². The molecule has 0 spiro atoms. The highest BCUT2D eigenvalue weighted by molar-refractivity contribution is 5.71. The fourth-order valence-corrected chi connectivity index (χ4v) is 7.11. The second kappa shape index (κ2) is 41.1. The minimum Gasteiger partial charge on any atom is -0.462 e. The number of rotatable bonds is 42. The van der Waals surface area contributed by atoms with Gasteiger partial charge in [0.15, 0.2) is 6.10 Å². The lowest BCUT2D eigenvalue weighted by atomic mass is 10.0. The monoisotopic (exact) mass is 765 g/mol. The zero-order valence-electron chi connectivity index (χ0n) is 36.8. The fraction of sp³-hybridized carbons (Fsp3) is 0.938. The van der Waals surface area contributed by atoms with E-state index in [4.69, 9.17) is 14.2 Å². The van der Waals surface area contributed by atoms with Gasteiger partial charge in [0.05, 0.1) is 0 Å². The standard InChI is InChI=1S/C48H92O6/c1-6-7-8-26-35-40-48(51)54-45(42-53-47(50)39-34-30-25-21-17-16-19-23-28-32-37-44(4)5)41-52-46(49)38-33-29-24-20-15-13-11-9-10-12-14-18-22-27-31-36-43(2)3/h43-45H,6-42H2,1-5H3/t45-/m0/s1. The molecule has 0 N–H and O–H groups in total. The predicted octanol–water partition coefficient (Wildman–Crippen LogP) is 15.0. The Morgan fingerprint density at radius 2 is 0.611 bits per heavy atom. The molecule has 0 aliphatic rings. The van der Waals surface area contributed by atoms with Crippen LogP contribution in [-0.4, -0.2) is 37.2 Å². The highest BCUT2D eigenvalue weighted by Gasteiger charge is 2.19. The molecule has 0 bridgehead atoms. The Labute approximate surface area is 336 Å². The van der Waals surface area contributed by atoms with Gasteiger partial charge < -0.3 is 14.2 Å². The maximum Gasteiger partial charge on any atom is 0.306 e. The lowest BCUT2D eigenvalue weighted by molar-refractivity contribution is -0.167. The molecule has 6 nitrogen and oxygen atoms in total. The molecule has 0 fully saturated rings. The van der Waals surface area contributed by atoms with Gasteiger partial charge in [-0.2, -0.15) is 0 Å². The summed E-state index contributed by atoms with van der Waals surface area (Å²) in [7, 11) is 0. The average molecular weight is 765 g/mol.